The van der Waals surface area contributed by atoms with E-state index in [2.05, 4.69) is 53.8 Å². The van der Waals surface area contributed by atoms with Gasteiger partial charge in [0.2, 0.25) is 0 Å². The fraction of sp³-hybridized carbons (Fsp3) is 0.611. The Morgan fingerprint density at radius 1 is 1.33 bits per heavy atom. The second-order valence-corrected chi connectivity index (χ2v) is 7.71. The third-order valence-electron chi connectivity index (χ3n) is 4.60. The van der Waals surface area contributed by atoms with Crippen molar-refractivity contribution in [3.05, 3.63) is 23.8 Å². The Morgan fingerprint density at radius 2 is 2.08 bits per heavy atom. The molecular weight excluding hydrogens is 336 g/mol. The molecule has 1 aliphatic rings. The van der Waals surface area contributed by atoms with Gasteiger partial charge in [-0.1, -0.05) is 0 Å². The van der Waals surface area contributed by atoms with E-state index in [1.807, 2.05) is 11.8 Å². The van der Waals surface area contributed by atoms with Crippen LogP contribution >= 0.6 is 24.0 Å². The van der Waals surface area contributed by atoms with E-state index in [4.69, 9.17) is 12.2 Å². The van der Waals surface area contributed by atoms with Gasteiger partial charge in [-0.2, -0.15) is 11.8 Å². The van der Waals surface area contributed by atoms with Crippen LogP contribution in [0.1, 0.15) is 18.9 Å². The largest absolute Gasteiger partial charge is 0.362 e. The number of hydrogen-bond donors (Lipinski definition) is 3. The first-order valence-electron chi connectivity index (χ1n) is 8.87. The molecule has 1 aliphatic heterocycles. The molecule has 134 valence electrons. The Hall–Kier alpha value is -0.980. The summed E-state index contributed by atoms with van der Waals surface area (Å²) in [6.07, 6.45) is 3.26. The van der Waals surface area contributed by atoms with Crippen molar-refractivity contribution in [2.75, 3.05) is 61.5 Å². The average Bonchev–Trinajstić information content (AvgIpc) is 2.60. The van der Waals surface area contributed by atoms with Gasteiger partial charge in [-0.25, -0.2) is 0 Å². The minimum Gasteiger partial charge on any atom is -0.362 e. The quantitative estimate of drug-likeness (QED) is 0.505. The summed E-state index contributed by atoms with van der Waals surface area (Å²) in [6, 6.07) is 6.64. The maximum atomic E-state index is 5.39. The number of anilines is 2. The molecule has 2 rings (SSSR count). The first-order valence-corrected chi connectivity index (χ1v) is 10.7. The molecule has 0 unspecified atom stereocenters. The van der Waals surface area contributed by atoms with Crippen LogP contribution < -0.4 is 20.4 Å². The number of thioether (sulfide) groups is 1. The van der Waals surface area contributed by atoms with Crippen molar-refractivity contribution < 1.29 is 4.90 Å². The Balaban J connectivity index is 1.86. The summed E-state index contributed by atoms with van der Waals surface area (Å²) < 4.78 is 0. The van der Waals surface area contributed by atoms with Crippen LogP contribution in [0.2, 0.25) is 0 Å². The van der Waals surface area contributed by atoms with E-state index in [0.29, 0.717) is 5.11 Å². The van der Waals surface area contributed by atoms with Crippen molar-refractivity contribution >= 4 is 40.5 Å². The fourth-order valence-corrected chi connectivity index (χ4v) is 3.65. The summed E-state index contributed by atoms with van der Waals surface area (Å²) in [5.41, 5.74) is 3.66. The highest BCUT2D eigenvalue weighted by Crippen LogP contribution is 2.22. The van der Waals surface area contributed by atoms with E-state index in [9.17, 15) is 0 Å². The first-order chi connectivity index (χ1) is 11.6. The predicted octanol–water partition coefficient (Wildman–Crippen LogP) is 1.76. The van der Waals surface area contributed by atoms with E-state index in [1.54, 1.807) is 4.90 Å². The third kappa shape index (κ3) is 5.83. The lowest BCUT2D eigenvalue weighted by Crippen LogP contribution is -3.14. The molecule has 3 N–H and O–H groups in total. The Morgan fingerprint density at radius 3 is 2.71 bits per heavy atom. The lowest BCUT2D eigenvalue weighted by molar-refractivity contribution is -0.898. The molecule has 0 radical (unpaired) electrons. The third-order valence-corrected chi connectivity index (χ3v) is 5.55. The molecule has 0 aromatic heterocycles. The zero-order chi connectivity index (χ0) is 17.4. The zero-order valence-corrected chi connectivity index (χ0v) is 16.8. The smallest absolute Gasteiger partial charge is 0.170 e. The maximum Gasteiger partial charge on any atom is 0.170 e. The van der Waals surface area contributed by atoms with Crippen LogP contribution in [0.25, 0.3) is 0 Å². The van der Waals surface area contributed by atoms with Crippen molar-refractivity contribution in [3.8, 4) is 0 Å². The van der Waals surface area contributed by atoms with Crippen molar-refractivity contribution in [3.63, 3.8) is 0 Å². The summed E-state index contributed by atoms with van der Waals surface area (Å²) in [5, 5.41) is 7.32. The molecule has 4 nitrogen and oxygen atoms in total. The Kier molecular flexibility index (Phi) is 8.15. The van der Waals surface area contributed by atoms with E-state index in [-0.39, 0.29) is 0 Å². The van der Waals surface area contributed by atoms with Gasteiger partial charge >= 0.3 is 0 Å². The second-order valence-electron chi connectivity index (χ2n) is 6.32. The number of rotatable bonds is 7. The number of thiocarbonyl (C=S) groups is 1. The number of aryl methyl sites for hydroxylation is 1. The Labute approximate surface area is 156 Å². The van der Waals surface area contributed by atoms with Crippen molar-refractivity contribution in [1.29, 1.82) is 0 Å². The molecule has 24 heavy (non-hydrogen) atoms. The monoisotopic (exact) mass is 367 g/mol. The zero-order valence-electron chi connectivity index (χ0n) is 15.2. The summed E-state index contributed by atoms with van der Waals surface area (Å²) in [6.45, 7) is 11.3. The van der Waals surface area contributed by atoms with Gasteiger partial charge in [0.1, 0.15) is 0 Å². The first kappa shape index (κ1) is 19.3. The van der Waals surface area contributed by atoms with Crippen molar-refractivity contribution in [2.24, 2.45) is 0 Å². The SMILES string of the molecule is CC[NH+]1CCN(c2ccc(NC(=S)NCCCSC)c(C)c2)CC1. The number of hydrogen-bond acceptors (Lipinski definition) is 3. The highest BCUT2D eigenvalue weighted by molar-refractivity contribution is 7.98. The number of quaternary nitrogens is 1. The fourth-order valence-electron chi connectivity index (χ4n) is 3.00. The topological polar surface area (TPSA) is 31.7 Å². The normalized spacial score (nSPS) is 15.4. The summed E-state index contributed by atoms with van der Waals surface area (Å²) in [7, 11) is 0. The van der Waals surface area contributed by atoms with Crippen LogP contribution in [-0.2, 0) is 0 Å². The second kappa shape index (κ2) is 10.1. The molecular formula is C18H31N4S2+. The van der Waals surface area contributed by atoms with E-state index < -0.39 is 0 Å². The molecule has 0 amide bonds. The number of benzene rings is 1. The standard InChI is InChI=1S/C18H30N4S2/c1-4-21-9-11-22(12-10-21)16-6-7-17(15(2)14-16)20-18(23)19-8-5-13-24-3/h6-7,14H,4-5,8-13H2,1-3H3,(H2,19,20,23)/p+1. The minimum atomic E-state index is 0.715. The molecule has 1 fully saturated rings. The number of nitrogens with zero attached hydrogens (tertiary/aromatic N) is 1. The molecule has 0 saturated carbocycles. The van der Waals surface area contributed by atoms with Gasteiger partial charge in [-0.15, -0.1) is 0 Å². The lowest BCUT2D eigenvalue weighted by Gasteiger charge is -2.33. The van der Waals surface area contributed by atoms with Crippen molar-refractivity contribution in [1.82, 2.24) is 5.32 Å². The molecule has 6 heteroatoms. The van der Waals surface area contributed by atoms with Crippen LogP contribution in [0.4, 0.5) is 11.4 Å². The van der Waals surface area contributed by atoms with Gasteiger partial charge in [0.25, 0.3) is 0 Å². The maximum absolute atomic E-state index is 5.39. The van der Waals surface area contributed by atoms with Crippen LogP contribution in [0.5, 0.6) is 0 Å². The number of likely N-dealkylation sites (N-methyl/N-ethyl adjacent to an activating group) is 1. The highest BCUT2D eigenvalue weighted by atomic mass is 32.2. The van der Waals surface area contributed by atoms with Crippen LogP contribution in [0.3, 0.4) is 0 Å². The molecule has 1 heterocycles. The molecule has 1 aromatic carbocycles. The van der Waals surface area contributed by atoms with Gasteiger partial charge < -0.3 is 20.4 Å². The van der Waals surface area contributed by atoms with Gasteiger partial charge in [-0.3, -0.25) is 0 Å². The summed E-state index contributed by atoms with van der Waals surface area (Å²) >= 11 is 7.25. The average molecular weight is 368 g/mol. The van der Waals surface area contributed by atoms with E-state index in [1.165, 1.54) is 30.9 Å². The molecule has 1 aromatic rings. The van der Waals surface area contributed by atoms with Crippen LogP contribution in [0.15, 0.2) is 18.2 Å². The van der Waals surface area contributed by atoms with Crippen LogP contribution in [0, 0.1) is 6.92 Å². The summed E-state index contributed by atoms with van der Waals surface area (Å²) in [4.78, 5) is 4.20. The van der Waals surface area contributed by atoms with Gasteiger partial charge in [0.05, 0.1) is 32.7 Å². The van der Waals surface area contributed by atoms with Crippen molar-refractivity contribution in [2.45, 2.75) is 20.3 Å². The van der Waals surface area contributed by atoms with Gasteiger partial charge in [0.15, 0.2) is 5.11 Å². The van der Waals surface area contributed by atoms with Gasteiger partial charge in [-0.05, 0) is 68.3 Å². The number of piperazine rings is 1. The highest BCUT2D eigenvalue weighted by Gasteiger charge is 2.19. The molecule has 0 atom stereocenters. The predicted molar refractivity (Wildman–Crippen MR) is 112 cm³/mol. The number of nitrogens with one attached hydrogen (secondary N) is 3. The van der Waals surface area contributed by atoms with Crippen LogP contribution in [-0.4, -0.2) is 56.4 Å². The molecule has 1 saturated heterocycles. The van der Waals surface area contributed by atoms with Gasteiger partial charge in [0, 0.05) is 17.9 Å². The molecule has 0 aliphatic carbocycles. The van der Waals surface area contributed by atoms with E-state index in [0.717, 1.165) is 37.5 Å². The minimum absolute atomic E-state index is 0.715. The lowest BCUT2D eigenvalue weighted by atomic mass is 10.1. The molecule has 0 bridgehead atoms. The van der Waals surface area contributed by atoms with E-state index >= 15 is 0 Å². The molecule has 0 spiro atoms. The summed E-state index contributed by atoms with van der Waals surface area (Å²) in [5.74, 6) is 1.16. The Bertz CT molecular complexity index is 528.